The summed E-state index contributed by atoms with van der Waals surface area (Å²) >= 11 is 5.54. The number of thiocarbonyl (C=S) groups is 1. The minimum absolute atomic E-state index is 0.802. The lowest BCUT2D eigenvalue weighted by atomic mass is 10.0. The third kappa shape index (κ3) is 4.23. The number of benzene rings is 2. The van der Waals surface area contributed by atoms with E-state index in [0.29, 0.717) is 0 Å². The smallest absolute Gasteiger partial charge is 0.169 e. The number of nitrogens with zero attached hydrogens (tertiary/aromatic N) is 2. The molecule has 1 aliphatic rings. The Hall–Kier alpha value is -1.69. The number of nitrogens with one attached hydrogen (secondary N) is 1. The van der Waals surface area contributed by atoms with E-state index in [2.05, 4.69) is 57.6 Å². The van der Waals surface area contributed by atoms with E-state index in [1.807, 2.05) is 7.05 Å². The van der Waals surface area contributed by atoms with Crippen LogP contribution in [0, 0.1) is 0 Å². The summed E-state index contributed by atoms with van der Waals surface area (Å²) in [6.07, 6.45) is 0. The molecule has 3 rings (SSSR count). The highest BCUT2D eigenvalue weighted by atomic mass is 32.1. The van der Waals surface area contributed by atoms with Crippen molar-refractivity contribution >= 4 is 28.1 Å². The Bertz CT molecular complexity index is 680. The van der Waals surface area contributed by atoms with Crippen LogP contribution in [0.1, 0.15) is 5.56 Å². The van der Waals surface area contributed by atoms with E-state index in [1.54, 1.807) is 0 Å². The van der Waals surface area contributed by atoms with Crippen LogP contribution in [-0.2, 0) is 11.3 Å². The van der Waals surface area contributed by atoms with Gasteiger partial charge in [0.05, 0.1) is 13.2 Å². The Kier molecular flexibility index (Phi) is 6.01. The highest BCUT2D eigenvalue weighted by molar-refractivity contribution is 7.80. The van der Waals surface area contributed by atoms with Gasteiger partial charge in [0.15, 0.2) is 5.11 Å². The number of morpholine rings is 1. The standard InChI is InChI=1S/C19H25N3OS/c1-20-19(24)22(10-9-21-11-13-23-14-12-21)15-17-7-4-6-16-5-2-3-8-18(16)17/h2-8H,9-15H2,1H3,(H,20,24). The van der Waals surface area contributed by atoms with Crippen LogP contribution in [0.3, 0.4) is 0 Å². The topological polar surface area (TPSA) is 27.7 Å². The molecule has 1 N–H and O–H groups in total. The lowest BCUT2D eigenvalue weighted by Gasteiger charge is -2.31. The highest BCUT2D eigenvalue weighted by Crippen LogP contribution is 2.20. The molecule has 4 nitrogen and oxygen atoms in total. The molecule has 1 aliphatic heterocycles. The second kappa shape index (κ2) is 8.42. The van der Waals surface area contributed by atoms with Gasteiger partial charge in [0, 0.05) is 39.8 Å². The second-order valence-electron chi connectivity index (χ2n) is 6.07. The first kappa shape index (κ1) is 17.1. The Morgan fingerprint density at radius 1 is 1.17 bits per heavy atom. The molecule has 0 aliphatic carbocycles. The van der Waals surface area contributed by atoms with Gasteiger partial charge in [0.2, 0.25) is 0 Å². The van der Waals surface area contributed by atoms with E-state index in [-0.39, 0.29) is 0 Å². The van der Waals surface area contributed by atoms with Crippen molar-refractivity contribution in [2.24, 2.45) is 0 Å². The molecule has 0 saturated carbocycles. The fourth-order valence-corrected chi connectivity index (χ4v) is 3.29. The van der Waals surface area contributed by atoms with Crippen LogP contribution in [0.4, 0.5) is 0 Å². The third-order valence-electron chi connectivity index (χ3n) is 4.53. The predicted octanol–water partition coefficient (Wildman–Crippen LogP) is 2.48. The van der Waals surface area contributed by atoms with Crippen LogP contribution in [0.15, 0.2) is 42.5 Å². The quantitative estimate of drug-likeness (QED) is 0.842. The number of hydrogen-bond donors (Lipinski definition) is 1. The summed E-state index contributed by atoms with van der Waals surface area (Å²) < 4.78 is 5.43. The van der Waals surface area contributed by atoms with Crippen molar-refractivity contribution in [3.05, 3.63) is 48.0 Å². The van der Waals surface area contributed by atoms with Gasteiger partial charge in [0.25, 0.3) is 0 Å². The second-order valence-corrected chi connectivity index (χ2v) is 6.46. The fourth-order valence-electron chi connectivity index (χ4n) is 3.13. The van der Waals surface area contributed by atoms with Gasteiger partial charge < -0.3 is 15.0 Å². The lowest BCUT2D eigenvalue weighted by molar-refractivity contribution is 0.0357. The van der Waals surface area contributed by atoms with Gasteiger partial charge in [-0.2, -0.15) is 0 Å². The van der Waals surface area contributed by atoms with Gasteiger partial charge in [-0.1, -0.05) is 42.5 Å². The molecule has 0 atom stereocenters. The van der Waals surface area contributed by atoms with Crippen molar-refractivity contribution in [2.45, 2.75) is 6.54 Å². The van der Waals surface area contributed by atoms with E-state index in [4.69, 9.17) is 17.0 Å². The molecular weight excluding hydrogens is 318 g/mol. The molecule has 1 saturated heterocycles. The zero-order chi connectivity index (χ0) is 16.8. The van der Waals surface area contributed by atoms with Crippen LogP contribution in [-0.4, -0.2) is 61.4 Å². The van der Waals surface area contributed by atoms with Gasteiger partial charge in [-0.15, -0.1) is 0 Å². The van der Waals surface area contributed by atoms with Crippen molar-refractivity contribution in [1.29, 1.82) is 0 Å². The fraction of sp³-hybridized carbons (Fsp3) is 0.421. The third-order valence-corrected chi connectivity index (χ3v) is 4.99. The molecule has 24 heavy (non-hydrogen) atoms. The average Bonchev–Trinajstić information content (AvgIpc) is 2.65. The van der Waals surface area contributed by atoms with Gasteiger partial charge in [0.1, 0.15) is 0 Å². The first-order valence-electron chi connectivity index (χ1n) is 8.51. The van der Waals surface area contributed by atoms with Crippen molar-refractivity contribution in [3.63, 3.8) is 0 Å². The van der Waals surface area contributed by atoms with E-state index < -0.39 is 0 Å². The van der Waals surface area contributed by atoms with Crippen molar-refractivity contribution in [1.82, 2.24) is 15.1 Å². The Balaban J connectivity index is 1.72. The van der Waals surface area contributed by atoms with E-state index >= 15 is 0 Å². The van der Waals surface area contributed by atoms with Crippen molar-refractivity contribution < 1.29 is 4.74 Å². The zero-order valence-electron chi connectivity index (χ0n) is 14.2. The maximum absolute atomic E-state index is 5.54. The molecule has 0 amide bonds. The molecule has 2 aromatic rings. The first-order chi connectivity index (χ1) is 11.8. The molecule has 0 bridgehead atoms. The van der Waals surface area contributed by atoms with Crippen LogP contribution < -0.4 is 5.32 Å². The zero-order valence-corrected chi connectivity index (χ0v) is 15.0. The molecule has 0 spiro atoms. The van der Waals surface area contributed by atoms with E-state index in [1.165, 1.54) is 16.3 Å². The van der Waals surface area contributed by atoms with Crippen LogP contribution in [0.25, 0.3) is 10.8 Å². The summed E-state index contributed by atoms with van der Waals surface area (Å²) in [7, 11) is 1.90. The molecule has 1 heterocycles. The average molecular weight is 343 g/mol. The first-order valence-corrected chi connectivity index (χ1v) is 8.92. The van der Waals surface area contributed by atoms with Crippen LogP contribution >= 0.6 is 12.2 Å². The highest BCUT2D eigenvalue weighted by Gasteiger charge is 2.15. The molecule has 5 heteroatoms. The summed E-state index contributed by atoms with van der Waals surface area (Å²) in [5, 5.41) is 6.51. The molecule has 1 fully saturated rings. The number of fused-ring (bicyclic) bond motifs is 1. The molecule has 128 valence electrons. The van der Waals surface area contributed by atoms with Gasteiger partial charge in [-0.05, 0) is 28.6 Å². The number of hydrogen-bond acceptors (Lipinski definition) is 3. The van der Waals surface area contributed by atoms with Crippen LogP contribution in [0.5, 0.6) is 0 Å². The van der Waals surface area contributed by atoms with E-state index in [0.717, 1.165) is 51.0 Å². The summed E-state index contributed by atoms with van der Waals surface area (Å²) in [5.41, 5.74) is 1.31. The Labute approximate surface area is 149 Å². The largest absolute Gasteiger partial charge is 0.379 e. The summed E-state index contributed by atoms with van der Waals surface area (Å²) in [6.45, 7) is 6.44. The number of rotatable bonds is 5. The predicted molar refractivity (Wildman–Crippen MR) is 103 cm³/mol. The maximum atomic E-state index is 5.54. The SMILES string of the molecule is CNC(=S)N(CCN1CCOCC1)Cc1cccc2ccccc12. The summed E-state index contributed by atoms with van der Waals surface area (Å²) in [6, 6.07) is 15.0. The minimum Gasteiger partial charge on any atom is -0.379 e. The van der Waals surface area contributed by atoms with E-state index in [9.17, 15) is 0 Å². The van der Waals surface area contributed by atoms with Crippen molar-refractivity contribution in [2.75, 3.05) is 46.4 Å². The molecule has 2 aromatic carbocycles. The maximum Gasteiger partial charge on any atom is 0.169 e. The Morgan fingerprint density at radius 2 is 1.92 bits per heavy atom. The molecule has 0 unspecified atom stereocenters. The Morgan fingerprint density at radius 3 is 2.71 bits per heavy atom. The lowest BCUT2D eigenvalue weighted by Crippen LogP contribution is -2.45. The number of ether oxygens (including phenoxy) is 1. The van der Waals surface area contributed by atoms with Crippen LogP contribution in [0.2, 0.25) is 0 Å². The summed E-state index contributed by atoms with van der Waals surface area (Å²) in [4.78, 5) is 4.70. The normalized spacial score (nSPS) is 15.4. The van der Waals surface area contributed by atoms with Gasteiger partial charge >= 0.3 is 0 Å². The van der Waals surface area contributed by atoms with Gasteiger partial charge in [-0.3, -0.25) is 4.90 Å². The minimum atomic E-state index is 0.802. The molecular formula is C19H25N3OS. The van der Waals surface area contributed by atoms with Gasteiger partial charge in [-0.25, -0.2) is 0 Å². The monoisotopic (exact) mass is 343 g/mol. The molecule has 0 aromatic heterocycles. The molecule has 0 radical (unpaired) electrons. The summed E-state index contributed by atoms with van der Waals surface area (Å²) in [5.74, 6) is 0. The van der Waals surface area contributed by atoms with Crippen molar-refractivity contribution in [3.8, 4) is 0 Å².